The molecule has 0 aliphatic rings. The molecule has 0 aliphatic carbocycles. The molecule has 0 saturated carbocycles. The lowest BCUT2D eigenvalue weighted by Gasteiger charge is -2.13. The fraction of sp³-hybridized carbons (Fsp3) is 0.176. The predicted molar refractivity (Wildman–Crippen MR) is 90.3 cm³/mol. The van der Waals surface area contributed by atoms with Crippen LogP contribution in [0.25, 0.3) is 22.2 Å². The average molecular weight is 360 g/mol. The average Bonchev–Trinajstić information content (AvgIpc) is 2.67. The van der Waals surface area contributed by atoms with Crippen LogP contribution in [-0.2, 0) is 4.79 Å². The molecule has 2 aromatic heterocycles. The summed E-state index contributed by atoms with van der Waals surface area (Å²) in [6, 6.07) is 2.57. The van der Waals surface area contributed by atoms with Gasteiger partial charge in [0, 0.05) is 24.7 Å². The van der Waals surface area contributed by atoms with E-state index in [2.05, 4.69) is 15.0 Å². The van der Waals surface area contributed by atoms with Gasteiger partial charge in [0.1, 0.15) is 0 Å². The largest absolute Gasteiger partial charge is 0.494 e. The van der Waals surface area contributed by atoms with Crippen molar-refractivity contribution in [2.75, 3.05) is 26.2 Å². The molecule has 0 atom stereocenters. The van der Waals surface area contributed by atoms with Crippen molar-refractivity contribution in [1.82, 2.24) is 15.0 Å². The maximum absolute atomic E-state index is 14.6. The van der Waals surface area contributed by atoms with Crippen LogP contribution in [0.15, 0.2) is 24.5 Å². The van der Waals surface area contributed by atoms with Crippen molar-refractivity contribution in [3.05, 3.63) is 36.2 Å². The van der Waals surface area contributed by atoms with Crippen molar-refractivity contribution in [3.63, 3.8) is 0 Å². The molecule has 2 heterocycles. The number of benzene rings is 1. The van der Waals surface area contributed by atoms with Crippen molar-refractivity contribution in [2.45, 2.75) is 0 Å². The fourth-order valence-corrected chi connectivity index (χ4v) is 2.39. The minimum Gasteiger partial charge on any atom is -0.494 e. The van der Waals surface area contributed by atoms with Crippen molar-refractivity contribution >= 4 is 23.3 Å². The fourth-order valence-electron chi connectivity index (χ4n) is 2.39. The molecule has 134 valence electrons. The van der Waals surface area contributed by atoms with Gasteiger partial charge >= 0.3 is 0 Å². The van der Waals surface area contributed by atoms with Gasteiger partial charge in [-0.2, -0.15) is 0 Å². The zero-order chi connectivity index (χ0) is 18.8. The Hall–Kier alpha value is -3.36. The van der Waals surface area contributed by atoms with E-state index in [-0.39, 0.29) is 28.7 Å². The van der Waals surface area contributed by atoms with Gasteiger partial charge in [0.25, 0.3) is 0 Å². The summed E-state index contributed by atoms with van der Waals surface area (Å²) in [6.07, 6.45) is 3.35. The third-order valence-corrected chi connectivity index (χ3v) is 3.76. The van der Waals surface area contributed by atoms with Gasteiger partial charge in [-0.25, -0.2) is 18.7 Å². The lowest BCUT2D eigenvalue weighted by molar-refractivity contribution is -0.107. The Labute approximate surface area is 147 Å². The Morgan fingerprint density at radius 3 is 2.27 bits per heavy atom. The summed E-state index contributed by atoms with van der Waals surface area (Å²) < 4.78 is 39.1. The Bertz CT molecular complexity index is 969. The second kappa shape index (κ2) is 6.87. The molecule has 0 spiro atoms. The minimum absolute atomic E-state index is 0.0322. The van der Waals surface area contributed by atoms with Gasteiger partial charge in [-0.3, -0.25) is 14.7 Å². The second-order valence-corrected chi connectivity index (χ2v) is 5.30. The summed E-state index contributed by atoms with van der Waals surface area (Å²) in [5.74, 6) is -1.94. The number of hydrogen-bond donors (Lipinski definition) is 0. The van der Waals surface area contributed by atoms with Gasteiger partial charge < -0.3 is 9.47 Å². The monoisotopic (exact) mass is 360 g/mol. The van der Waals surface area contributed by atoms with Crippen LogP contribution in [0, 0.1) is 11.6 Å². The van der Waals surface area contributed by atoms with Crippen LogP contribution in [-0.4, -0.2) is 42.6 Å². The van der Waals surface area contributed by atoms with E-state index in [4.69, 9.17) is 9.47 Å². The molecule has 1 amide bonds. The molecule has 0 saturated heterocycles. The van der Waals surface area contributed by atoms with E-state index in [1.807, 2.05) is 0 Å². The number of nitrogens with zero attached hydrogens (tertiary/aromatic N) is 4. The first kappa shape index (κ1) is 17.5. The van der Waals surface area contributed by atoms with Gasteiger partial charge in [0.15, 0.2) is 23.1 Å². The number of aromatic nitrogens is 3. The van der Waals surface area contributed by atoms with E-state index in [0.717, 1.165) is 6.07 Å². The summed E-state index contributed by atoms with van der Waals surface area (Å²) in [5, 5.41) is 0.499. The molecule has 3 aromatic rings. The van der Waals surface area contributed by atoms with Gasteiger partial charge in [-0.05, 0) is 6.07 Å². The minimum atomic E-state index is -0.893. The van der Waals surface area contributed by atoms with Crippen molar-refractivity contribution in [1.29, 1.82) is 0 Å². The molecular formula is C17H14F2N4O3. The summed E-state index contributed by atoms with van der Waals surface area (Å²) in [4.78, 5) is 24.3. The van der Waals surface area contributed by atoms with Crippen molar-refractivity contribution < 1.29 is 23.0 Å². The molecule has 0 unspecified atom stereocenters. The lowest BCUT2D eigenvalue weighted by Crippen LogP contribution is -2.16. The SMILES string of the molecule is COc1cc(OC)c(F)c(-c2cc3cnc(N(C)C=O)nc3cn2)c1F. The first-order chi connectivity index (χ1) is 12.5. The zero-order valence-corrected chi connectivity index (χ0v) is 14.2. The van der Waals surface area contributed by atoms with E-state index in [0.29, 0.717) is 17.3 Å². The van der Waals surface area contributed by atoms with Gasteiger partial charge in [-0.15, -0.1) is 0 Å². The van der Waals surface area contributed by atoms with Crippen LogP contribution in [0.4, 0.5) is 14.7 Å². The summed E-state index contributed by atoms with van der Waals surface area (Å²) in [5.41, 5.74) is 0.0742. The van der Waals surface area contributed by atoms with Gasteiger partial charge in [0.05, 0.1) is 37.2 Å². The normalized spacial score (nSPS) is 10.7. The molecule has 0 aliphatic heterocycles. The quantitative estimate of drug-likeness (QED) is 0.651. The molecule has 0 fully saturated rings. The third-order valence-electron chi connectivity index (χ3n) is 3.76. The van der Waals surface area contributed by atoms with Crippen LogP contribution >= 0.6 is 0 Å². The van der Waals surface area contributed by atoms with Crippen LogP contribution in [0.5, 0.6) is 11.5 Å². The number of pyridine rings is 1. The molecule has 9 heteroatoms. The maximum Gasteiger partial charge on any atom is 0.232 e. The number of halogens is 2. The van der Waals surface area contributed by atoms with Gasteiger partial charge in [-0.1, -0.05) is 0 Å². The number of fused-ring (bicyclic) bond motifs is 1. The number of anilines is 1. The standard InChI is InChI=1S/C17H14F2N4O3/c1-23(8-24)17-21-6-9-4-10(20-7-11(9)22-17)14-15(18)12(25-2)5-13(26-3)16(14)19/h4-8H,1-3H3. The van der Waals surface area contributed by atoms with E-state index in [1.54, 1.807) is 0 Å². The molecular weight excluding hydrogens is 346 g/mol. The van der Waals surface area contributed by atoms with Crippen LogP contribution in [0.2, 0.25) is 0 Å². The van der Waals surface area contributed by atoms with E-state index >= 15 is 0 Å². The lowest BCUT2D eigenvalue weighted by atomic mass is 10.1. The topological polar surface area (TPSA) is 77.4 Å². The van der Waals surface area contributed by atoms with E-state index in [9.17, 15) is 13.6 Å². The number of carbonyl (C=O) groups excluding carboxylic acids is 1. The second-order valence-electron chi connectivity index (χ2n) is 5.30. The Kier molecular flexibility index (Phi) is 4.61. The van der Waals surface area contributed by atoms with Crippen LogP contribution in [0.3, 0.4) is 0 Å². The molecule has 0 N–H and O–H groups in total. The highest BCUT2D eigenvalue weighted by atomic mass is 19.1. The Balaban J connectivity index is 2.18. The number of hydrogen-bond acceptors (Lipinski definition) is 6. The maximum atomic E-state index is 14.6. The van der Waals surface area contributed by atoms with Gasteiger partial charge in [0.2, 0.25) is 12.4 Å². The van der Waals surface area contributed by atoms with Crippen LogP contribution < -0.4 is 14.4 Å². The number of methoxy groups -OCH3 is 2. The summed E-state index contributed by atoms with van der Waals surface area (Å²) in [6.45, 7) is 0. The first-order valence-electron chi connectivity index (χ1n) is 7.41. The molecule has 0 bridgehead atoms. The molecule has 26 heavy (non-hydrogen) atoms. The molecule has 7 nitrogen and oxygen atoms in total. The smallest absolute Gasteiger partial charge is 0.232 e. The highest BCUT2D eigenvalue weighted by Gasteiger charge is 2.22. The Morgan fingerprint density at radius 2 is 1.69 bits per heavy atom. The number of ether oxygens (including phenoxy) is 2. The van der Waals surface area contributed by atoms with Crippen molar-refractivity contribution in [3.8, 4) is 22.8 Å². The third kappa shape index (κ3) is 2.87. The highest BCUT2D eigenvalue weighted by molar-refractivity contribution is 5.84. The predicted octanol–water partition coefficient (Wildman–Crippen LogP) is 2.58. The van der Waals surface area contributed by atoms with E-state index < -0.39 is 11.6 Å². The number of carbonyl (C=O) groups is 1. The summed E-state index contributed by atoms with van der Waals surface area (Å²) >= 11 is 0. The molecule has 0 radical (unpaired) electrons. The molecule has 3 rings (SSSR count). The highest BCUT2D eigenvalue weighted by Crippen LogP contribution is 2.37. The number of rotatable bonds is 5. The van der Waals surface area contributed by atoms with Crippen LogP contribution in [0.1, 0.15) is 0 Å². The van der Waals surface area contributed by atoms with Crippen molar-refractivity contribution in [2.24, 2.45) is 0 Å². The van der Waals surface area contributed by atoms with E-state index in [1.165, 1.54) is 44.6 Å². The number of amides is 1. The first-order valence-corrected chi connectivity index (χ1v) is 7.41. The molecule has 1 aromatic carbocycles. The summed E-state index contributed by atoms with van der Waals surface area (Å²) in [7, 11) is 4.04. The Morgan fingerprint density at radius 1 is 1.04 bits per heavy atom. The zero-order valence-electron chi connectivity index (χ0n) is 14.2.